The third-order valence-corrected chi connectivity index (χ3v) is 8.69. The van der Waals surface area contributed by atoms with Crippen molar-refractivity contribution in [3.05, 3.63) is 108 Å². The fraction of sp³-hybridized carbons (Fsp3) is 0.256. The minimum Gasteiger partial charge on any atom is -0.460 e. The molecule has 0 spiro atoms. The zero-order chi connectivity index (χ0) is 28.1. The van der Waals surface area contributed by atoms with Gasteiger partial charge in [-0.3, -0.25) is 4.79 Å². The lowest BCUT2D eigenvalue weighted by molar-refractivity contribution is -0.154. The number of carbonyl (C=O) groups is 1. The third-order valence-electron chi connectivity index (χ3n) is 8.69. The van der Waals surface area contributed by atoms with Gasteiger partial charge in [0.25, 0.3) is 0 Å². The summed E-state index contributed by atoms with van der Waals surface area (Å²) in [6.45, 7) is 5.80. The summed E-state index contributed by atoms with van der Waals surface area (Å²) in [5.74, 6) is 0.203. The molecule has 0 heterocycles. The van der Waals surface area contributed by atoms with Gasteiger partial charge in [0.05, 0.1) is 0 Å². The second-order valence-electron chi connectivity index (χ2n) is 12.5. The molecule has 0 saturated heterocycles. The number of fused-ring (bicyclic) bond motifs is 13. The summed E-state index contributed by atoms with van der Waals surface area (Å²) in [5, 5.41) is 10.7. The van der Waals surface area contributed by atoms with Crippen LogP contribution in [0.25, 0.3) is 54.2 Å². The number of hydrogen-bond acceptors (Lipinski definition) is 2. The highest BCUT2D eigenvalue weighted by Crippen LogP contribution is 2.57. The average molecular weight is 537 g/mol. The van der Waals surface area contributed by atoms with E-state index >= 15 is 0 Å². The number of ether oxygens (including phenoxy) is 1. The maximum absolute atomic E-state index is 12.3. The van der Waals surface area contributed by atoms with E-state index in [9.17, 15) is 4.79 Å². The highest BCUT2D eigenvalue weighted by Gasteiger charge is 2.35. The van der Waals surface area contributed by atoms with Crippen LogP contribution in [0.4, 0.5) is 0 Å². The lowest BCUT2D eigenvalue weighted by Gasteiger charge is -2.20. The molecule has 2 nitrogen and oxygen atoms in total. The second-order valence-corrected chi connectivity index (χ2v) is 12.5. The van der Waals surface area contributed by atoms with Crippen LogP contribution in [0.5, 0.6) is 0 Å². The zero-order valence-electron chi connectivity index (χ0n) is 24.2. The monoisotopic (exact) mass is 536 g/mol. The largest absolute Gasteiger partial charge is 0.460 e. The summed E-state index contributed by atoms with van der Waals surface area (Å²) >= 11 is 0. The summed E-state index contributed by atoms with van der Waals surface area (Å²) in [5.41, 5.74) is 5.35. The maximum Gasteiger partial charge on any atom is 0.306 e. The molecule has 0 amide bonds. The molecule has 0 aromatic heterocycles. The predicted octanol–water partition coefficient (Wildman–Crippen LogP) is 10.7. The van der Waals surface area contributed by atoms with Crippen LogP contribution in [0.15, 0.2) is 97.1 Å². The van der Waals surface area contributed by atoms with Gasteiger partial charge in [0, 0.05) is 12.3 Å². The first kappa shape index (κ1) is 25.8. The van der Waals surface area contributed by atoms with Crippen molar-refractivity contribution in [2.45, 2.75) is 64.4 Å². The summed E-state index contributed by atoms with van der Waals surface area (Å²) in [6.07, 6.45) is 4.47. The van der Waals surface area contributed by atoms with Crippen molar-refractivity contribution in [3.8, 4) is 11.1 Å². The Balaban J connectivity index is 1.40. The van der Waals surface area contributed by atoms with E-state index in [0.29, 0.717) is 12.3 Å². The summed E-state index contributed by atoms with van der Waals surface area (Å²) in [6, 6.07) is 35.8. The molecule has 0 unspecified atom stereocenters. The highest BCUT2D eigenvalue weighted by atomic mass is 16.6. The van der Waals surface area contributed by atoms with Crippen LogP contribution in [-0.4, -0.2) is 11.6 Å². The van der Waals surface area contributed by atoms with Crippen LogP contribution < -0.4 is 0 Å². The number of rotatable bonds is 6. The molecule has 0 radical (unpaired) electrons. The van der Waals surface area contributed by atoms with Gasteiger partial charge < -0.3 is 4.74 Å². The fourth-order valence-corrected chi connectivity index (χ4v) is 7.22. The van der Waals surface area contributed by atoms with Gasteiger partial charge in [0.15, 0.2) is 0 Å². The Kier molecular flexibility index (Phi) is 6.31. The number of unbranched alkanes of at least 4 members (excludes halogenated alkanes) is 2. The Morgan fingerprint density at radius 2 is 0.951 bits per heavy atom. The van der Waals surface area contributed by atoms with Crippen molar-refractivity contribution >= 4 is 49.1 Å². The van der Waals surface area contributed by atoms with E-state index in [1.807, 2.05) is 20.8 Å². The number of esters is 1. The van der Waals surface area contributed by atoms with Crippen molar-refractivity contribution in [2.75, 3.05) is 0 Å². The Morgan fingerprint density at radius 3 is 1.39 bits per heavy atom. The van der Waals surface area contributed by atoms with Crippen molar-refractivity contribution < 1.29 is 9.53 Å². The van der Waals surface area contributed by atoms with Gasteiger partial charge in [0.1, 0.15) is 5.60 Å². The first-order valence-electron chi connectivity index (χ1n) is 15.0. The van der Waals surface area contributed by atoms with E-state index in [0.717, 1.165) is 25.7 Å². The molecule has 0 fully saturated rings. The molecule has 0 saturated carbocycles. The molecule has 0 aliphatic heterocycles. The molecule has 204 valence electrons. The molecule has 41 heavy (non-hydrogen) atoms. The first-order valence-corrected chi connectivity index (χ1v) is 15.0. The molecule has 1 aliphatic carbocycles. The number of carbonyl (C=O) groups excluding carboxylic acids is 1. The van der Waals surface area contributed by atoms with E-state index in [2.05, 4.69) is 97.1 Å². The zero-order valence-corrected chi connectivity index (χ0v) is 24.2. The minimum absolute atomic E-state index is 0.0935. The fourth-order valence-electron chi connectivity index (χ4n) is 7.22. The quantitative estimate of drug-likeness (QED) is 0.120. The van der Waals surface area contributed by atoms with Gasteiger partial charge in [-0.25, -0.2) is 0 Å². The van der Waals surface area contributed by atoms with E-state index in [-0.39, 0.29) is 5.97 Å². The topological polar surface area (TPSA) is 26.3 Å². The summed E-state index contributed by atoms with van der Waals surface area (Å²) < 4.78 is 5.55. The highest BCUT2D eigenvalue weighted by molar-refractivity contribution is 6.25. The van der Waals surface area contributed by atoms with Crippen LogP contribution >= 0.6 is 0 Å². The molecule has 2 heteroatoms. The normalized spacial score (nSPS) is 13.2. The Morgan fingerprint density at radius 1 is 0.561 bits per heavy atom. The maximum atomic E-state index is 12.3. The predicted molar refractivity (Wildman–Crippen MR) is 173 cm³/mol. The number of hydrogen-bond donors (Lipinski definition) is 0. The Hall–Kier alpha value is -4.17. The molecule has 6 aromatic rings. The lowest BCUT2D eigenvalue weighted by Crippen LogP contribution is -2.23. The van der Waals surface area contributed by atoms with Gasteiger partial charge in [-0.15, -0.1) is 0 Å². The van der Waals surface area contributed by atoms with E-state index in [1.54, 1.807) is 0 Å². The van der Waals surface area contributed by atoms with Crippen LogP contribution in [0, 0.1) is 0 Å². The van der Waals surface area contributed by atoms with Gasteiger partial charge >= 0.3 is 5.97 Å². The molecular formula is C39H36O2. The van der Waals surface area contributed by atoms with Crippen LogP contribution in [0.2, 0.25) is 0 Å². The Bertz CT molecular complexity index is 1830. The molecular weight excluding hydrogens is 500 g/mol. The van der Waals surface area contributed by atoms with Crippen LogP contribution in [0.3, 0.4) is 0 Å². The Labute approximate surface area is 241 Å². The number of benzene rings is 6. The van der Waals surface area contributed by atoms with Crippen LogP contribution in [-0.2, 0) is 9.53 Å². The SMILES string of the molecule is CC(C)(C)OC(=O)CCCCCC1c2c(c3ccccc3c3ccccc23)-c2c1c1ccccc1c1ccccc21. The van der Waals surface area contributed by atoms with Crippen LogP contribution in [0.1, 0.15) is 69.9 Å². The van der Waals surface area contributed by atoms with E-state index in [4.69, 9.17) is 4.74 Å². The van der Waals surface area contributed by atoms with E-state index < -0.39 is 5.60 Å². The van der Waals surface area contributed by atoms with Crippen molar-refractivity contribution in [2.24, 2.45) is 0 Å². The second kappa shape index (κ2) is 10.0. The van der Waals surface area contributed by atoms with E-state index in [1.165, 1.54) is 65.3 Å². The van der Waals surface area contributed by atoms with Gasteiger partial charge in [-0.2, -0.15) is 0 Å². The molecule has 0 bridgehead atoms. The van der Waals surface area contributed by atoms with Crippen molar-refractivity contribution in [1.29, 1.82) is 0 Å². The lowest BCUT2D eigenvalue weighted by atomic mass is 9.84. The van der Waals surface area contributed by atoms with Crippen molar-refractivity contribution in [3.63, 3.8) is 0 Å². The molecule has 7 rings (SSSR count). The smallest absolute Gasteiger partial charge is 0.306 e. The first-order chi connectivity index (χ1) is 19.9. The van der Waals surface area contributed by atoms with Gasteiger partial charge in [-0.1, -0.05) is 110 Å². The van der Waals surface area contributed by atoms with Crippen molar-refractivity contribution in [1.82, 2.24) is 0 Å². The summed E-state index contributed by atoms with van der Waals surface area (Å²) in [7, 11) is 0. The average Bonchev–Trinajstić information content (AvgIpc) is 3.32. The molecule has 1 aliphatic rings. The molecule has 0 N–H and O–H groups in total. The third kappa shape index (κ3) is 4.37. The minimum atomic E-state index is -0.429. The van der Waals surface area contributed by atoms with Gasteiger partial charge in [-0.05, 0) is 99.0 Å². The summed E-state index contributed by atoms with van der Waals surface area (Å²) in [4.78, 5) is 12.3. The molecule has 6 aromatic carbocycles. The standard InChI is InChI=1S/C39H36O2/c1-39(2,3)41-34(40)24-6-4-5-23-33-35-29-19-11-7-15-25(29)27-17-9-13-21-31(27)37(35)38-32-22-14-10-18-28(32)26-16-8-12-20-30(26)36(33)38/h7-22,33H,4-6,23-24H2,1-3H3. The van der Waals surface area contributed by atoms with Gasteiger partial charge in [0.2, 0.25) is 0 Å². The molecule has 0 atom stereocenters.